The van der Waals surface area contributed by atoms with Crippen LogP contribution in [0.5, 0.6) is 0 Å². The quantitative estimate of drug-likeness (QED) is 0.538. The van der Waals surface area contributed by atoms with Crippen LogP contribution < -0.4 is 0 Å². The molecule has 0 saturated heterocycles. The summed E-state index contributed by atoms with van der Waals surface area (Å²) in [5.74, 6) is 0. The maximum absolute atomic E-state index is 5.47. The second-order valence-corrected chi connectivity index (χ2v) is 3.15. The molecule has 0 saturated carbocycles. The zero-order valence-electron chi connectivity index (χ0n) is 7.56. The number of furan rings is 1. The highest BCUT2D eigenvalue weighted by atomic mass is 16.3. The van der Waals surface area contributed by atoms with Crippen molar-refractivity contribution in [2.24, 2.45) is 0 Å². The largest absolute Gasteiger partial charge is 0.419 e. The average molecular weight is 185 g/mol. The number of hydrogen-bond donors (Lipinski definition) is 0. The van der Waals surface area contributed by atoms with Crippen molar-refractivity contribution in [2.75, 3.05) is 0 Å². The van der Waals surface area contributed by atoms with Gasteiger partial charge >= 0.3 is 0 Å². The summed E-state index contributed by atoms with van der Waals surface area (Å²) in [6.45, 7) is 2.02. The molecule has 4 nitrogen and oxygen atoms in total. The third-order valence-electron chi connectivity index (χ3n) is 2.26. The summed E-state index contributed by atoms with van der Waals surface area (Å²) >= 11 is 0. The molecule has 68 valence electrons. The number of rotatable bonds is 0. The van der Waals surface area contributed by atoms with Crippen LogP contribution in [0.2, 0.25) is 0 Å². The van der Waals surface area contributed by atoms with Crippen molar-refractivity contribution in [3.8, 4) is 0 Å². The van der Waals surface area contributed by atoms with E-state index in [9.17, 15) is 0 Å². The van der Waals surface area contributed by atoms with Gasteiger partial charge in [-0.3, -0.25) is 0 Å². The predicted molar refractivity (Wildman–Crippen MR) is 51.8 cm³/mol. The van der Waals surface area contributed by atoms with Crippen LogP contribution >= 0.6 is 0 Å². The minimum Gasteiger partial charge on any atom is -0.419 e. The van der Waals surface area contributed by atoms with Crippen molar-refractivity contribution < 1.29 is 4.42 Å². The van der Waals surface area contributed by atoms with Gasteiger partial charge in [0, 0.05) is 12.4 Å². The highest BCUT2D eigenvalue weighted by Crippen LogP contribution is 2.26. The van der Waals surface area contributed by atoms with Gasteiger partial charge in [0.2, 0.25) is 11.4 Å². The lowest BCUT2D eigenvalue weighted by Crippen LogP contribution is -1.78. The molecule has 0 bridgehead atoms. The zero-order valence-corrected chi connectivity index (χ0v) is 7.56. The molecule has 0 spiro atoms. The van der Waals surface area contributed by atoms with Gasteiger partial charge in [-0.1, -0.05) is 0 Å². The molecule has 0 radical (unpaired) electrons. The topological polar surface area (TPSA) is 51.8 Å². The van der Waals surface area contributed by atoms with Crippen LogP contribution in [0.25, 0.3) is 22.2 Å². The second-order valence-electron chi connectivity index (χ2n) is 3.15. The van der Waals surface area contributed by atoms with Crippen molar-refractivity contribution in [1.82, 2.24) is 15.0 Å². The number of nitrogens with zero attached hydrogens (tertiary/aromatic N) is 3. The van der Waals surface area contributed by atoms with Crippen LogP contribution in [0, 0.1) is 6.92 Å². The van der Waals surface area contributed by atoms with Gasteiger partial charge in [-0.05, 0) is 18.6 Å². The lowest BCUT2D eigenvalue weighted by Gasteiger charge is -1.91. The van der Waals surface area contributed by atoms with Crippen molar-refractivity contribution in [1.29, 1.82) is 0 Å². The lowest BCUT2D eigenvalue weighted by atomic mass is 10.2. The van der Waals surface area contributed by atoms with Crippen molar-refractivity contribution >= 4 is 22.2 Å². The summed E-state index contributed by atoms with van der Waals surface area (Å²) in [7, 11) is 0. The Labute approximate surface area is 79.6 Å². The highest BCUT2D eigenvalue weighted by Gasteiger charge is 2.09. The molecule has 0 aliphatic heterocycles. The molecule has 0 fully saturated rings. The third kappa shape index (κ3) is 0.849. The SMILES string of the molecule is Cc1ccnc2oc3ncncc3c12. The van der Waals surface area contributed by atoms with Gasteiger partial charge < -0.3 is 4.42 Å². The molecule has 3 aromatic rings. The van der Waals surface area contributed by atoms with Crippen LogP contribution in [0.1, 0.15) is 5.56 Å². The molecule has 0 N–H and O–H groups in total. The smallest absolute Gasteiger partial charge is 0.232 e. The molecule has 3 rings (SSSR count). The van der Waals surface area contributed by atoms with Crippen LogP contribution in [0.4, 0.5) is 0 Å². The van der Waals surface area contributed by atoms with E-state index in [4.69, 9.17) is 4.42 Å². The number of hydrogen-bond acceptors (Lipinski definition) is 4. The van der Waals surface area contributed by atoms with Crippen LogP contribution in [0.3, 0.4) is 0 Å². The van der Waals surface area contributed by atoms with Gasteiger partial charge in [-0.25, -0.2) is 15.0 Å². The lowest BCUT2D eigenvalue weighted by molar-refractivity contribution is 0.639. The van der Waals surface area contributed by atoms with E-state index in [1.54, 1.807) is 12.4 Å². The van der Waals surface area contributed by atoms with Crippen molar-refractivity contribution in [3.63, 3.8) is 0 Å². The van der Waals surface area contributed by atoms with E-state index in [-0.39, 0.29) is 0 Å². The summed E-state index contributed by atoms with van der Waals surface area (Å²) in [6, 6.07) is 1.95. The first-order valence-corrected chi connectivity index (χ1v) is 4.30. The molecular formula is C10H7N3O. The molecule has 14 heavy (non-hydrogen) atoms. The Morgan fingerprint density at radius 2 is 2.14 bits per heavy atom. The van der Waals surface area contributed by atoms with E-state index in [1.807, 2.05) is 13.0 Å². The van der Waals surface area contributed by atoms with Gasteiger partial charge in [0.05, 0.1) is 10.8 Å². The summed E-state index contributed by atoms with van der Waals surface area (Å²) in [6.07, 6.45) is 4.95. The molecule has 0 amide bonds. The molecule has 4 heteroatoms. The van der Waals surface area contributed by atoms with Gasteiger partial charge in [-0.2, -0.15) is 0 Å². The van der Waals surface area contributed by atoms with Gasteiger partial charge in [0.15, 0.2) is 0 Å². The first kappa shape index (κ1) is 7.44. The van der Waals surface area contributed by atoms with Crippen LogP contribution in [-0.4, -0.2) is 15.0 Å². The van der Waals surface area contributed by atoms with Gasteiger partial charge in [-0.15, -0.1) is 0 Å². The Bertz CT molecular complexity index is 615. The molecule has 0 aromatic carbocycles. The fourth-order valence-corrected chi connectivity index (χ4v) is 1.60. The Morgan fingerprint density at radius 1 is 1.21 bits per heavy atom. The number of pyridine rings is 1. The van der Waals surface area contributed by atoms with E-state index in [0.29, 0.717) is 11.4 Å². The van der Waals surface area contributed by atoms with E-state index < -0.39 is 0 Å². The van der Waals surface area contributed by atoms with E-state index in [0.717, 1.165) is 16.3 Å². The molecule has 3 aromatic heterocycles. The minimum atomic E-state index is 0.594. The monoisotopic (exact) mass is 185 g/mol. The summed E-state index contributed by atoms with van der Waals surface area (Å²) < 4.78 is 5.47. The molecule has 3 heterocycles. The van der Waals surface area contributed by atoms with Crippen molar-refractivity contribution in [3.05, 3.63) is 30.4 Å². The number of aryl methyl sites for hydroxylation is 1. The Balaban J connectivity index is 2.65. The maximum atomic E-state index is 5.47. The van der Waals surface area contributed by atoms with Gasteiger partial charge in [0.1, 0.15) is 6.33 Å². The fraction of sp³-hybridized carbons (Fsp3) is 0.100. The van der Waals surface area contributed by atoms with E-state index >= 15 is 0 Å². The van der Waals surface area contributed by atoms with Crippen molar-refractivity contribution in [2.45, 2.75) is 6.92 Å². The number of fused-ring (bicyclic) bond motifs is 3. The minimum absolute atomic E-state index is 0.594. The van der Waals surface area contributed by atoms with E-state index in [2.05, 4.69) is 15.0 Å². The van der Waals surface area contributed by atoms with Crippen LogP contribution in [0.15, 0.2) is 29.2 Å². The standard InChI is InChI=1S/C10H7N3O/c1-6-2-3-12-10-8(6)7-4-11-5-13-9(7)14-10/h2-5H,1H3. The zero-order chi connectivity index (χ0) is 9.54. The summed E-state index contributed by atoms with van der Waals surface area (Å²) in [4.78, 5) is 12.2. The maximum Gasteiger partial charge on any atom is 0.232 e. The van der Waals surface area contributed by atoms with Gasteiger partial charge in [0.25, 0.3) is 0 Å². The molecule has 0 atom stereocenters. The normalized spacial score (nSPS) is 11.2. The Hall–Kier alpha value is -1.97. The van der Waals surface area contributed by atoms with E-state index in [1.165, 1.54) is 6.33 Å². The average Bonchev–Trinajstić information content (AvgIpc) is 2.57. The van der Waals surface area contributed by atoms with Crippen LogP contribution in [-0.2, 0) is 0 Å². The predicted octanol–water partition coefficient (Wildman–Crippen LogP) is 2.08. The molecular weight excluding hydrogens is 178 g/mol. The Morgan fingerprint density at radius 3 is 3.07 bits per heavy atom. The summed E-state index contributed by atoms with van der Waals surface area (Å²) in [5.41, 5.74) is 2.35. The highest BCUT2D eigenvalue weighted by molar-refractivity contribution is 6.03. The Kier molecular flexibility index (Phi) is 1.33. The first-order valence-electron chi connectivity index (χ1n) is 4.30. The molecule has 0 aliphatic carbocycles. The summed E-state index contributed by atoms with van der Waals surface area (Å²) in [5, 5.41) is 1.93. The molecule has 0 aliphatic rings. The molecule has 0 unspecified atom stereocenters. The second kappa shape index (κ2) is 2.51. The number of aromatic nitrogens is 3. The fourth-order valence-electron chi connectivity index (χ4n) is 1.60. The third-order valence-corrected chi connectivity index (χ3v) is 2.26. The first-order chi connectivity index (χ1) is 6.86.